The summed E-state index contributed by atoms with van der Waals surface area (Å²) < 4.78 is 50.0. The molecule has 1 aromatic carbocycles. The molecule has 6 nitrogen and oxygen atoms in total. The molecule has 1 saturated heterocycles. The van der Waals surface area contributed by atoms with Gasteiger partial charge in [0.05, 0.1) is 7.11 Å². The number of benzene rings is 1. The number of ether oxygens (including phenoxy) is 1. The van der Waals surface area contributed by atoms with E-state index in [0.29, 0.717) is 25.1 Å². The molecule has 0 saturated carbocycles. The third-order valence-corrected chi connectivity index (χ3v) is 4.59. The molecule has 0 unspecified atom stereocenters. The number of hydrogen-bond acceptors (Lipinski definition) is 4. The largest absolute Gasteiger partial charge is 0.453 e. The monoisotopic (exact) mass is 370 g/mol. The van der Waals surface area contributed by atoms with Gasteiger partial charge in [0, 0.05) is 24.6 Å². The molecule has 3 rings (SSSR count). The van der Waals surface area contributed by atoms with E-state index >= 15 is 0 Å². The number of carbonyl (C=O) groups excluding carboxylic acids is 1. The molecule has 9 heteroatoms. The average Bonchev–Trinajstić information content (AvgIpc) is 3.05. The molecule has 26 heavy (non-hydrogen) atoms. The molecular weight excluding hydrogens is 353 g/mol. The maximum absolute atomic E-state index is 13.5. The Labute approximate surface area is 146 Å². The second-order valence-corrected chi connectivity index (χ2v) is 6.23. The van der Waals surface area contributed by atoms with E-state index in [9.17, 15) is 22.8 Å². The summed E-state index contributed by atoms with van der Waals surface area (Å²) in [5.74, 6) is -3.78. The Bertz CT molecular complexity index is 841. The van der Waals surface area contributed by atoms with E-state index in [1.54, 1.807) is 0 Å². The van der Waals surface area contributed by atoms with Gasteiger partial charge in [0.15, 0.2) is 17.5 Å². The van der Waals surface area contributed by atoms with E-state index < -0.39 is 29.6 Å². The predicted molar refractivity (Wildman–Crippen MR) is 84.2 cm³/mol. The summed E-state index contributed by atoms with van der Waals surface area (Å²) >= 11 is 0. The number of methoxy groups -OCH3 is 1. The highest BCUT2D eigenvalue weighted by molar-refractivity contribution is 5.68. The predicted octanol–water partition coefficient (Wildman–Crippen LogP) is 2.94. The lowest BCUT2D eigenvalue weighted by atomic mass is 9.86. The number of aromatic nitrogens is 1. The number of aromatic amines is 1. The second kappa shape index (κ2) is 7.27. The van der Waals surface area contributed by atoms with Crippen molar-refractivity contribution < 1.29 is 27.2 Å². The van der Waals surface area contributed by atoms with Gasteiger partial charge in [-0.2, -0.15) is 5.16 Å². The first-order valence-electron chi connectivity index (χ1n) is 8.05. The average molecular weight is 370 g/mol. The van der Waals surface area contributed by atoms with Crippen LogP contribution in [-0.2, 0) is 11.2 Å². The number of carbonyl (C=O) groups is 1. The number of hydrogen-bond donors (Lipinski definition) is 1. The van der Waals surface area contributed by atoms with Gasteiger partial charge >= 0.3 is 6.09 Å². The van der Waals surface area contributed by atoms with Gasteiger partial charge in [0.25, 0.3) is 5.56 Å². The number of halogens is 3. The smallest absolute Gasteiger partial charge is 0.409 e. The molecular formula is C17H17F3N2O4. The minimum Gasteiger partial charge on any atom is -0.453 e. The third-order valence-electron chi connectivity index (χ3n) is 4.59. The molecule has 140 valence electrons. The molecule has 1 aliphatic rings. The number of piperidine rings is 1. The van der Waals surface area contributed by atoms with Crippen LogP contribution in [0.25, 0.3) is 0 Å². The second-order valence-electron chi connectivity index (χ2n) is 6.23. The van der Waals surface area contributed by atoms with E-state index in [0.717, 1.165) is 12.1 Å². The molecule has 2 heterocycles. The summed E-state index contributed by atoms with van der Waals surface area (Å²) in [5, 5.41) is 2.22. The van der Waals surface area contributed by atoms with Crippen LogP contribution in [0.2, 0.25) is 0 Å². The molecule has 1 N–H and O–H groups in total. The molecule has 1 aromatic heterocycles. The first-order valence-corrected chi connectivity index (χ1v) is 8.05. The van der Waals surface area contributed by atoms with Gasteiger partial charge in [-0.25, -0.2) is 18.0 Å². The molecule has 0 spiro atoms. The number of rotatable bonds is 3. The van der Waals surface area contributed by atoms with Crippen LogP contribution in [0.15, 0.2) is 27.5 Å². The molecule has 1 fully saturated rings. The topological polar surface area (TPSA) is 75.5 Å². The minimum absolute atomic E-state index is 0.106. The Morgan fingerprint density at radius 3 is 2.58 bits per heavy atom. The van der Waals surface area contributed by atoms with Crippen LogP contribution in [-0.4, -0.2) is 35.8 Å². The van der Waals surface area contributed by atoms with Crippen molar-refractivity contribution >= 4 is 6.09 Å². The van der Waals surface area contributed by atoms with Crippen molar-refractivity contribution in [3.63, 3.8) is 0 Å². The fraction of sp³-hybridized carbons (Fsp3) is 0.412. The molecule has 0 radical (unpaired) electrons. The standard InChI is InChI=1S/C17H17F3N2O4/c1-25-17(24)22-3-2-10(14-8-15(23)21-26-14)7-11(22)4-9-5-12(18)16(20)13(19)6-9/h5-6,8,10-11H,2-4,7H2,1H3,(H,21,23)/t10-,11-/m1/s1. The van der Waals surface area contributed by atoms with Gasteiger partial charge in [-0.15, -0.1) is 0 Å². The quantitative estimate of drug-likeness (QED) is 0.843. The van der Waals surface area contributed by atoms with Gasteiger partial charge in [-0.1, -0.05) is 0 Å². The van der Waals surface area contributed by atoms with Crippen LogP contribution >= 0.6 is 0 Å². The first kappa shape index (κ1) is 18.1. The summed E-state index contributed by atoms with van der Waals surface area (Å²) in [5.41, 5.74) is -0.147. The highest BCUT2D eigenvalue weighted by atomic mass is 19.2. The Kier molecular flexibility index (Phi) is 5.06. The van der Waals surface area contributed by atoms with E-state index in [1.807, 2.05) is 0 Å². The van der Waals surface area contributed by atoms with Crippen LogP contribution in [0.1, 0.15) is 30.1 Å². The van der Waals surface area contributed by atoms with Crippen molar-refractivity contribution in [1.29, 1.82) is 0 Å². The highest BCUT2D eigenvalue weighted by Crippen LogP contribution is 2.33. The minimum atomic E-state index is -1.53. The zero-order valence-electron chi connectivity index (χ0n) is 13.9. The van der Waals surface area contributed by atoms with Gasteiger partial charge in [0.1, 0.15) is 5.76 Å². The Morgan fingerprint density at radius 1 is 1.31 bits per heavy atom. The van der Waals surface area contributed by atoms with Crippen molar-refractivity contribution in [2.24, 2.45) is 0 Å². The first-order chi connectivity index (χ1) is 12.4. The van der Waals surface area contributed by atoms with Crippen LogP contribution < -0.4 is 5.56 Å². The van der Waals surface area contributed by atoms with Crippen LogP contribution in [0.5, 0.6) is 0 Å². The Morgan fingerprint density at radius 2 is 2.00 bits per heavy atom. The number of likely N-dealkylation sites (tertiary alicyclic amines) is 1. The molecule has 1 aliphatic heterocycles. The Hall–Kier alpha value is -2.71. The number of H-pyrrole nitrogens is 1. The lowest BCUT2D eigenvalue weighted by Gasteiger charge is -2.38. The fourth-order valence-electron chi connectivity index (χ4n) is 3.36. The molecule has 2 atom stereocenters. The SMILES string of the molecule is COC(=O)N1CC[C@@H](c2cc(=O)[nH]o2)C[C@H]1Cc1cc(F)c(F)c(F)c1. The van der Waals surface area contributed by atoms with Gasteiger partial charge in [-0.05, 0) is 37.0 Å². The van der Waals surface area contributed by atoms with Crippen LogP contribution in [0, 0.1) is 17.5 Å². The van der Waals surface area contributed by atoms with E-state index in [2.05, 4.69) is 5.16 Å². The number of nitrogens with one attached hydrogen (secondary N) is 1. The van der Waals surface area contributed by atoms with Crippen LogP contribution in [0.3, 0.4) is 0 Å². The molecule has 0 aliphatic carbocycles. The summed E-state index contributed by atoms with van der Waals surface area (Å²) in [6.07, 6.45) is 0.482. The molecule has 1 amide bonds. The van der Waals surface area contributed by atoms with E-state index in [4.69, 9.17) is 9.26 Å². The van der Waals surface area contributed by atoms with Crippen molar-refractivity contribution in [2.75, 3.05) is 13.7 Å². The van der Waals surface area contributed by atoms with Gasteiger partial charge < -0.3 is 14.2 Å². The number of nitrogens with zero attached hydrogens (tertiary/aromatic N) is 1. The summed E-state index contributed by atoms with van der Waals surface area (Å²) in [7, 11) is 1.24. The molecule has 2 aromatic rings. The highest BCUT2D eigenvalue weighted by Gasteiger charge is 2.34. The lowest BCUT2D eigenvalue weighted by Crippen LogP contribution is -2.46. The fourth-order valence-corrected chi connectivity index (χ4v) is 3.36. The van der Waals surface area contributed by atoms with Crippen molar-refractivity contribution in [3.8, 4) is 0 Å². The summed E-state index contributed by atoms with van der Waals surface area (Å²) in [6, 6.07) is 2.71. The van der Waals surface area contributed by atoms with Crippen molar-refractivity contribution in [2.45, 2.75) is 31.2 Å². The van der Waals surface area contributed by atoms with E-state index in [1.165, 1.54) is 18.1 Å². The zero-order chi connectivity index (χ0) is 18.8. The van der Waals surface area contributed by atoms with Gasteiger partial charge in [-0.3, -0.25) is 4.79 Å². The Balaban J connectivity index is 1.85. The summed E-state index contributed by atoms with van der Waals surface area (Å²) in [6.45, 7) is 0.322. The maximum Gasteiger partial charge on any atom is 0.409 e. The normalized spacial score (nSPS) is 20.2. The third kappa shape index (κ3) is 3.61. The van der Waals surface area contributed by atoms with Crippen LogP contribution in [0.4, 0.5) is 18.0 Å². The van der Waals surface area contributed by atoms with Crippen molar-refractivity contribution in [1.82, 2.24) is 10.1 Å². The van der Waals surface area contributed by atoms with Crippen molar-refractivity contribution in [3.05, 3.63) is 57.3 Å². The summed E-state index contributed by atoms with van der Waals surface area (Å²) in [4.78, 5) is 24.8. The molecule has 0 bridgehead atoms. The van der Waals surface area contributed by atoms with Gasteiger partial charge in [0.2, 0.25) is 0 Å². The number of amides is 1. The maximum atomic E-state index is 13.5. The lowest BCUT2D eigenvalue weighted by molar-refractivity contribution is 0.0816. The zero-order valence-corrected chi connectivity index (χ0v) is 13.9. The van der Waals surface area contributed by atoms with E-state index in [-0.39, 0.29) is 23.5 Å².